The standard InChI is InChI=1S/C19H22N2O2S.2BrH/c1-20-6-8-21(9-7-20)15-10-13-11-16(22)17(23)12-19(13)24-18-5-3-2-4-14(15)18;;/h2-5,11-12,15,22-23H,6-10H2,1H3;2*1H. The molecule has 2 aromatic carbocycles. The van der Waals surface area contributed by atoms with Crippen molar-refractivity contribution in [3.63, 3.8) is 0 Å². The lowest BCUT2D eigenvalue weighted by molar-refractivity contribution is 0.110. The second-order valence-electron chi connectivity index (χ2n) is 6.65. The molecule has 0 spiro atoms. The van der Waals surface area contributed by atoms with Gasteiger partial charge >= 0.3 is 0 Å². The molecule has 0 saturated carbocycles. The van der Waals surface area contributed by atoms with Crippen molar-refractivity contribution in [2.75, 3.05) is 33.2 Å². The van der Waals surface area contributed by atoms with Gasteiger partial charge < -0.3 is 15.1 Å². The van der Waals surface area contributed by atoms with Crippen molar-refractivity contribution >= 4 is 45.7 Å². The molecule has 7 heteroatoms. The van der Waals surface area contributed by atoms with E-state index in [0.717, 1.165) is 43.1 Å². The van der Waals surface area contributed by atoms with Gasteiger partial charge in [0, 0.05) is 42.0 Å². The van der Waals surface area contributed by atoms with Gasteiger partial charge in [-0.15, -0.1) is 34.0 Å². The second kappa shape index (κ2) is 8.97. The summed E-state index contributed by atoms with van der Waals surface area (Å²) < 4.78 is 0. The third-order valence-electron chi connectivity index (χ3n) is 5.05. The fourth-order valence-electron chi connectivity index (χ4n) is 3.60. The molecule has 4 nitrogen and oxygen atoms in total. The molecule has 2 aromatic rings. The van der Waals surface area contributed by atoms with Crippen molar-refractivity contribution in [2.45, 2.75) is 22.3 Å². The molecule has 4 rings (SSSR count). The minimum absolute atomic E-state index is 0. The first-order chi connectivity index (χ1) is 11.6. The van der Waals surface area contributed by atoms with Gasteiger partial charge in [0.25, 0.3) is 0 Å². The maximum absolute atomic E-state index is 9.94. The molecule has 2 N–H and O–H groups in total. The molecule has 0 aliphatic carbocycles. The molecular weight excluding hydrogens is 480 g/mol. The van der Waals surface area contributed by atoms with Crippen molar-refractivity contribution in [2.24, 2.45) is 0 Å². The van der Waals surface area contributed by atoms with Crippen LogP contribution in [0.4, 0.5) is 0 Å². The van der Waals surface area contributed by atoms with Crippen molar-refractivity contribution < 1.29 is 10.2 Å². The smallest absolute Gasteiger partial charge is 0.158 e. The average molecular weight is 504 g/mol. The van der Waals surface area contributed by atoms with Crippen LogP contribution in [0.25, 0.3) is 0 Å². The number of hydrogen-bond donors (Lipinski definition) is 2. The SMILES string of the molecule is Br.Br.CN1CCN(C2Cc3cc(O)c(O)cc3Sc3ccccc32)CC1. The Morgan fingerprint density at radius 2 is 1.58 bits per heavy atom. The summed E-state index contributed by atoms with van der Waals surface area (Å²) in [5.41, 5.74) is 2.46. The van der Waals surface area contributed by atoms with Crippen LogP contribution in [0.5, 0.6) is 11.5 Å². The minimum atomic E-state index is -0.0446. The van der Waals surface area contributed by atoms with Crippen LogP contribution in [-0.2, 0) is 6.42 Å². The first-order valence-electron chi connectivity index (χ1n) is 8.36. The molecule has 142 valence electrons. The van der Waals surface area contributed by atoms with E-state index < -0.39 is 0 Å². The third-order valence-corrected chi connectivity index (χ3v) is 6.24. The fraction of sp³-hybridized carbons (Fsp3) is 0.368. The number of likely N-dealkylation sites (N-methyl/N-ethyl adjacent to an activating group) is 1. The van der Waals surface area contributed by atoms with Gasteiger partial charge in [-0.3, -0.25) is 4.90 Å². The summed E-state index contributed by atoms with van der Waals surface area (Å²) in [6, 6.07) is 12.3. The summed E-state index contributed by atoms with van der Waals surface area (Å²) >= 11 is 1.69. The van der Waals surface area contributed by atoms with E-state index in [-0.39, 0.29) is 45.5 Å². The molecule has 0 radical (unpaired) electrons. The van der Waals surface area contributed by atoms with E-state index in [1.54, 1.807) is 23.9 Å². The molecule has 1 atom stereocenters. The van der Waals surface area contributed by atoms with Crippen molar-refractivity contribution in [1.82, 2.24) is 9.80 Å². The van der Waals surface area contributed by atoms with E-state index in [2.05, 4.69) is 41.1 Å². The lowest BCUT2D eigenvalue weighted by atomic mass is 9.96. The number of nitrogens with zero attached hydrogens (tertiary/aromatic N) is 2. The predicted molar refractivity (Wildman–Crippen MR) is 116 cm³/mol. The highest BCUT2D eigenvalue weighted by Crippen LogP contribution is 2.45. The number of halogens is 2. The zero-order valence-corrected chi connectivity index (χ0v) is 18.8. The number of benzene rings is 2. The normalized spacial score (nSPS) is 20.1. The molecule has 1 fully saturated rings. The maximum atomic E-state index is 9.94. The van der Waals surface area contributed by atoms with Crippen LogP contribution in [-0.4, -0.2) is 53.2 Å². The molecule has 0 aromatic heterocycles. The zero-order valence-electron chi connectivity index (χ0n) is 14.6. The Labute approximate surface area is 179 Å². The Balaban J connectivity index is 0.00000121. The molecule has 0 bridgehead atoms. The van der Waals surface area contributed by atoms with Gasteiger partial charge in [-0.05, 0) is 42.8 Å². The molecule has 2 heterocycles. The van der Waals surface area contributed by atoms with Gasteiger partial charge in [-0.2, -0.15) is 0 Å². The van der Waals surface area contributed by atoms with Crippen LogP contribution in [0.3, 0.4) is 0 Å². The zero-order chi connectivity index (χ0) is 16.7. The third kappa shape index (κ3) is 4.22. The molecule has 26 heavy (non-hydrogen) atoms. The number of phenolic OH excluding ortho intramolecular Hbond substituents is 2. The minimum Gasteiger partial charge on any atom is -0.504 e. The van der Waals surface area contributed by atoms with Crippen molar-refractivity contribution in [3.8, 4) is 11.5 Å². The Kier molecular flexibility index (Phi) is 7.44. The van der Waals surface area contributed by atoms with Crippen LogP contribution in [0.1, 0.15) is 17.2 Å². The fourth-order valence-corrected chi connectivity index (χ4v) is 4.75. The van der Waals surface area contributed by atoms with Crippen molar-refractivity contribution in [3.05, 3.63) is 47.5 Å². The van der Waals surface area contributed by atoms with E-state index >= 15 is 0 Å². The van der Waals surface area contributed by atoms with Gasteiger partial charge in [0.1, 0.15) is 0 Å². The van der Waals surface area contributed by atoms with E-state index in [4.69, 9.17) is 0 Å². The summed E-state index contributed by atoms with van der Waals surface area (Å²) in [6.45, 7) is 4.28. The van der Waals surface area contributed by atoms with E-state index in [9.17, 15) is 10.2 Å². The van der Waals surface area contributed by atoms with Gasteiger partial charge in [-0.1, -0.05) is 30.0 Å². The Bertz CT molecular complexity index is 767. The number of hydrogen-bond acceptors (Lipinski definition) is 5. The summed E-state index contributed by atoms with van der Waals surface area (Å²) in [4.78, 5) is 7.20. The summed E-state index contributed by atoms with van der Waals surface area (Å²) in [5.74, 6) is -0.0748. The molecular formula is C19H24Br2N2O2S. The van der Waals surface area contributed by atoms with Crippen LogP contribution >= 0.6 is 45.7 Å². The summed E-state index contributed by atoms with van der Waals surface area (Å²) in [7, 11) is 2.17. The van der Waals surface area contributed by atoms with Gasteiger partial charge in [0.2, 0.25) is 0 Å². The number of fused-ring (bicyclic) bond motifs is 2. The summed E-state index contributed by atoms with van der Waals surface area (Å²) in [5, 5.41) is 19.8. The van der Waals surface area contributed by atoms with Gasteiger partial charge in [0.05, 0.1) is 0 Å². The second-order valence-corrected chi connectivity index (χ2v) is 7.73. The average Bonchev–Trinajstić information content (AvgIpc) is 2.73. The Hall–Kier alpha value is -0.730. The van der Waals surface area contributed by atoms with E-state index in [1.807, 2.05) is 0 Å². The molecule has 1 unspecified atom stereocenters. The number of piperazine rings is 1. The number of rotatable bonds is 1. The quantitative estimate of drug-likeness (QED) is 0.569. The largest absolute Gasteiger partial charge is 0.504 e. The van der Waals surface area contributed by atoms with E-state index in [1.165, 1.54) is 10.5 Å². The Morgan fingerprint density at radius 3 is 2.31 bits per heavy atom. The maximum Gasteiger partial charge on any atom is 0.158 e. The highest BCUT2D eigenvalue weighted by molar-refractivity contribution is 8.93. The predicted octanol–water partition coefficient (Wildman–Crippen LogP) is 4.25. The van der Waals surface area contributed by atoms with E-state index in [0.29, 0.717) is 6.04 Å². The molecule has 0 amide bonds. The van der Waals surface area contributed by atoms with Gasteiger partial charge in [0.15, 0.2) is 11.5 Å². The van der Waals surface area contributed by atoms with Crippen LogP contribution in [0, 0.1) is 0 Å². The molecule has 2 aliphatic heterocycles. The Morgan fingerprint density at radius 1 is 0.923 bits per heavy atom. The molecule has 2 aliphatic rings. The first kappa shape index (κ1) is 21.6. The lowest BCUT2D eigenvalue weighted by Gasteiger charge is -2.38. The number of aromatic hydroxyl groups is 2. The monoisotopic (exact) mass is 502 g/mol. The first-order valence-corrected chi connectivity index (χ1v) is 9.17. The highest BCUT2D eigenvalue weighted by atomic mass is 79.9. The highest BCUT2D eigenvalue weighted by Gasteiger charge is 2.29. The topological polar surface area (TPSA) is 46.9 Å². The lowest BCUT2D eigenvalue weighted by Crippen LogP contribution is -2.46. The van der Waals surface area contributed by atoms with Crippen LogP contribution < -0.4 is 0 Å². The van der Waals surface area contributed by atoms with Crippen LogP contribution in [0.15, 0.2) is 46.2 Å². The van der Waals surface area contributed by atoms with Crippen LogP contribution in [0.2, 0.25) is 0 Å². The van der Waals surface area contributed by atoms with Crippen molar-refractivity contribution in [1.29, 1.82) is 0 Å². The van der Waals surface area contributed by atoms with Gasteiger partial charge in [-0.25, -0.2) is 0 Å². The summed E-state index contributed by atoms with van der Waals surface area (Å²) in [6.07, 6.45) is 0.858. The number of phenols is 2. The molecule has 1 saturated heterocycles.